The number of anilines is 2. The van der Waals surface area contributed by atoms with Crippen LogP contribution in [0, 0.1) is 0 Å². The van der Waals surface area contributed by atoms with Gasteiger partial charge < -0.3 is 11.1 Å². The first kappa shape index (κ1) is 22.1. The Bertz CT molecular complexity index is 1340. The summed E-state index contributed by atoms with van der Waals surface area (Å²) in [7, 11) is 0. The Labute approximate surface area is 206 Å². The van der Waals surface area contributed by atoms with E-state index in [2.05, 4.69) is 59.4 Å². The lowest BCUT2D eigenvalue weighted by molar-refractivity contribution is 0.103. The SMILES string of the molecule is CC(C)c1ccc(-c2c3c(nc4sc(C(=O)Nc5ccc(Br)cc5)c(N)c24)CCCC3)cc1. The van der Waals surface area contributed by atoms with Gasteiger partial charge in [-0.2, -0.15) is 0 Å². The maximum atomic E-state index is 13.2. The molecule has 3 N–H and O–H groups in total. The first-order valence-electron chi connectivity index (χ1n) is 11.3. The van der Waals surface area contributed by atoms with Gasteiger partial charge in [-0.3, -0.25) is 4.79 Å². The molecule has 0 spiro atoms. The molecule has 2 heterocycles. The normalized spacial score (nSPS) is 13.3. The second-order valence-electron chi connectivity index (χ2n) is 8.88. The molecule has 2 aromatic heterocycles. The minimum atomic E-state index is -0.197. The highest BCUT2D eigenvalue weighted by Crippen LogP contribution is 2.44. The number of fused-ring (bicyclic) bond motifs is 2. The molecule has 5 rings (SSSR count). The molecular weight excluding hydrogens is 494 g/mol. The van der Waals surface area contributed by atoms with Gasteiger partial charge in [0.2, 0.25) is 0 Å². The number of carbonyl (C=O) groups is 1. The van der Waals surface area contributed by atoms with Crippen LogP contribution in [-0.4, -0.2) is 10.9 Å². The minimum absolute atomic E-state index is 0.197. The summed E-state index contributed by atoms with van der Waals surface area (Å²) in [4.78, 5) is 19.5. The zero-order valence-corrected chi connectivity index (χ0v) is 21.1. The van der Waals surface area contributed by atoms with Gasteiger partial charge in [0.05, 0.1) is 5.69 Å². The quantitative estimate of drug-likeness (QED) is 0.292. The largest absolute Gasteiger partial charge is 0.397 e. The van der Waals surface area contributed by atoms with E-state index in [4.69, 9.17) is 10.7 Å². The highest BCUT2D eigenvalue weighted by atomic mass is 79.9. The average Bonchev–Trinajstić information content (AvgIpc) is 3.15. The number of aromatic nitrogens is 1. The number of nitrogen functional groups attached to an aromatic ring is 1. The van der Waals surface area contributed by atoms with Crippen molar-refractivity contribution in [3.8, 4) is 11.1 Å². The summed E-state index contributed by atoms with van der Waals surface area (Å²) in [5.74, 6) is 0.280. The van der Waals surface area contributed by atoms with E-state index in [1.54, 1.807) is 0 Å². The molecule has 33 heavy (non-hydrogen) atoms. The minimum Gasteiger partial charge on any atom is -0.397 e. The van der Waals surface area contributed by atoms with E-state index in [1.807, 2.05) is 24.3 Å². The van der Waals surface area contributed by atoms with E-state index in [9.17, 15) is 4.79 Å². The number of amides is 1. The molecule has 168 valence electrons. The molecule has 0 unspecified atom stereocenters. The van der Waals surface area contributed by atoms with Crippen LogP contribution in [0.15, 0.2) is 53.0 Å². The van der Waals surface area contributed by atoms with Crippen LogP contribution in [0.3, 0.4) is 0 Å². The van der Waals surface area contributed by atoms with E-state index in [1.165, 1.54) is 22.5 Å². The van der Waals surface area contributed by atoms with Crippen LogP contribution in [0.5, 0.6) is 0 Å². The highest BCUT2D eigenvalue weighted by molar-refractivity contribution is 9.10. The number of nitrogens with zero attached hydrogens (tertiary/aromatic N) is 1. The summed E-state index contributed by atoms with van der Waals surface area (Å²) in [6.07, 6.45) is 4.27. The molecule has 0 radical (unpaired) electrons. The van der Waals surface area contributed by atoms with Gasteiger partial charge in [0.25, 0.3) is 5.91 Å². The lowest BCUT2D eigenvalue weighted by Crippen LogP contribution is -2.12. The molecular formula is C27H26BrN3OS. The Morgan fingerprint density at radius 2 is 1.76 bits per heavy atom. The van der Waals surface area contributed by atoms with Gasteiger partial charge in [-0.05, 0) is 78.1 Å². The molecule has 6 heteroatoms. The lowest BCUT2D eigenvalue weighted by Gasteiger charge is -2.20. The van der Waals surface area contributed by atoms with Crippen LogP contribution >= 0.6 is 27.3 Å². The van der Waals surface area contributed by atoms with Gasteiger partial charge in [0.1, 0.15) is 9.71 Å². The number of halogens is 1. The van der Waals surface area contributed by atoms with E-state index in [0.29, 0.717) is 16.5 Å². The van der Waals surface area contributed by atoms with Crippen LogP contribution in [0.4, 0.5) is 11.4 Å². The fourth-order valence-electron chi connectivity index (χ4n) is 4.55. The van der Waals surface area contributed by atoms with Crippen molar-refractivity contribution in [2.75, 3.05) is 11.1 Å². The molecule has 0 saturated carbocycles. The third-order valence-electron chi connectivity index (χ3n) is 6.33. The maximum absolute atomic E-state index is 13.2. The van der Waals surface area contributed by atoms with Gasteiger partial charge in [-0.15, -0.1) is 11.3 Å². The van der Waals surface area contributed by atoms with Crippen molar-refractivity contribution < 1.29 is 4.79 Å². The molecule has 0 bridgehead atoms. The summed E-state index contributed by atoms with van der Waals surface area (Å²) in [6.45, 7) is 4.41. The number of rotatable bonds is 4. The van der Waals surface area contributed by atoms with Crippen molar-refractivity contribution in [1.82, 2.24) is 4.98 Å². The fourth-order valence-corrected chi connectivity index (χ4v) is 5.83. The molecule has 4 nitrogen and oxygen atoms in total. The van der Waals surface area contributed by atoms with Crippen molar-refractivity contribution in [3.05, 3.63) is 74.7 Å². The third-order valence-corrected chi connectivity index (χ3v) is 7.95. The molecule has 0 aliphatic heterocycles. The second-order valence-corrected chi connectivity index (χ2v) is 10.8. The number of thiophene rings is 1. The van der Waals surface area contributed by atoms with Crippen molar-refractivity contribution >= 4 is 54.8 Å². The molecule has 0 fully saturated rings. The van der Waals surface area contributed by atoms with Gasteiger partial charge in [-0.1, -0.05) is 54.0 Å². The molecule has 1 amide bonds. The Hall–Kier alpha value is -2.70. The van der Waals surface area contributed by atoms with Gasteiger partial charge in [-0.25, -0.2) is 4.98 Å². The van der Waals surface area contributed by atoms with Crippen LogP contribution in [0.25, 0.3) is 21.3 Å². The number of hydrogen-bond acceptors (Lipinski definition) is 4. The Morgan fingerprint density at radius 1 is 1.06 bits per heavy atom. The number of aryl methyl sites for hydroxylation is 1. The average molecular weight is 520 g/mol. The first-order valence-corrected chi connectivity index (χ1v) is 12.9. The van der Waals surface area contributed by atoms with Crippen LogP contribution in [0.1, 0.15) is 59.1 Å². The third kappa shape index (κ3) is 4.18. The Morgan fingerprint density at radius 3 is 2.45 bits per heavy atom. The zero-order valence-electron chi connectivity index (χ0n) is 18.7. The summed E-state index contributed by atoms with van der Waals surface area (Å²) in [5, 5.41) is 3.89. The number of pyridine rings is 1. The number of nitrogens with two attached hydrogens (primary N) is 1. The predicted molar refractivity (Wildman–Crippen MR) is 142 cm³/mol. The standard InChI is InChI=1S/C27H26BrN3OS/c1-15(2)16-7-9-17(10-8-16)22-20-5-3-4-6-21(20)31-27-23(22)24(29)25(33-27)26(32)30-19-13-11-18(28)12-14-19/h7-15H,3-6,29H2,1-2H3,(H,30,32). The van der Waals surface area contributed by atoms with Gasteiger partial charge in [0, 0.05) is 21.2 Å². The number of benzene rings is 2. The molecule has 2 aromatic carbocycles. The summed E-state index contributed by atoms with van der Waals surface area (Å²) in [5.41, 5.74) is 14.0. The van der Waals surface area contributed by atoms with Crippen molar-refractivity contribution in [1.29, 1.82) is 0 Å². The highest BCUT2D eigenvalue weighted by Gasteiger charge is 2.26. The molecule has 1 aliphatic carbocycles. The van der Waals surface area contributed by atoms with E-state index in [0.717, 1.165) is 62.9 Å². The summed E-state index contributed by atoms with van der Waals surface area (Å²) < 4.78 is 0.963. The smallest absolute Gasteiger partial charge is 0.267 e. The predicted octanol–water partition coefficient (Wildman–Crippen LogP) is 7.56. The number of carbonyl (C=O) groups excluding carboxylic acids is 1. The monoisotopic (exact) mass is 519 g/mol. The van der Waals surface area contributed by atoms with Crippen LogP contribution in [0.2, 0.25) is 0 Å². The van der Waals surface area contributed by atoms with Gasteiger partial charge in [0.15, 0.2) is 0 Å². The molecule has 0 atom stereocenters. The van der Waals surface area contributed by atoms with Crippen LogP contribution in [-0.2, 0) is 12.8 Å². The van der Waals surface area contributed by atoms with Crippen molar-refractivity contribution in [2.45, 2.75) is 45.4 Å². The van der Waals surface area contributed by atoms with Crippen molar-refractivity contribution in [3.63, 3.8) is 0 Å². The fraction of sp³-hybridized carbons (Fsp3) is 0.259. The topological polar surface area (TPSA) is 68.0 Å². The Balaban J connectivity index is 1.64. The lowest BCUT2D eigenvalue weighted by atomic mass is 9.87. The van der Waals surface area contributed by atoms with Gasteiger partial charge >= 0.3 is 0 Å². The number of hydrogen-bond donors (Lipinski definition) is 2. The summed E-state index contributed by atoms with van der Waals surface area (Å²) >= 11 is 4.81. The van der Waals surface area contributed by atoms with E-state index >= 15 is 0 Å². The van der Waals surface area contributed by atoms with E-state index in [-0.39, 0.29) is 5.91 Å². The summed E-state index contributed by atoms with van der Waals surface area (Å²) in [6, 6.07) is 16.3. The first-order chi connectivity index (χ1) is 15.9. The maximum Gasteiger partial charge on any atom is 0.267 e. The second kappa shape index (κ2) is 8.92. The zero-order chi connectivity index (χ0) is 23.1. The molecule has 4 aromatic rings. The van der Waals surface area contributed by atoms with Crippen molar-refractivity contribution in [2.24, 2.45) is 0 Å². The number of nitrogens with one attached hydrogen (secondary N) is 1. The van der Waals surface area contributed by atoms with E-state index < -0.39 is 0 Å². The Kier molecular flexibility index (Phi) is 5.97. The molecule has 0 saturated heterocycles. The van der Waals surface area contributed by atoms with Crippen LogP contribution < -0.4 is 11.1 Å². The molecule has 1 aliphatic rings.